The summed E-state index contributed by atoms with van der Waals surface area (Å²) in [4.78, 5) is 14.2. The minimum Gasteiger partial charge on any atom is -0.494 e. The minimum absolute atomic E-state index is 0.0655. The van der Waals surface area contributed by atoms with Gasteiger partial charge in [0.05, 0.1) is 18.9 Å². The van der Waals surface area contributed by atoms with Crippen molar-refractivity contribution in [3.8, 4) is 11.5 Å². The van der Waals surface area contributed by atoms with Gasteiger partial charge in [0.2, 0.25) is 0 Å². The minimum atomic E-state index is -0.0655. The maximum atomic E-state index is 12.3. The molecule has 116 valence electrons. The normalized spacial score (nSPS) is 14.7. The predicted octanol–water partition coefficient (Wildman–Crippen LogP) is 3.50. The molecule has 5 heteroatoms. The van der Waals surface area contributed by atoms with Crippen molar-refractivity contribution >= 4 is 11.7 Å². The predicted molar refractivity (Wildman–Crippen MR) is 83.2 cm³/mol. The third kappa shape index (κ3) is 4.28. The molecule has 1 aliphatic rings. The summed E-state index contributed by atoms with van der Waals surface area (Å²) < 4.78 is 11.1. The van der Waals surface area contributed by atoms with Crippen LogP contribution in [0, 0.1) is 0 Å². The van der Waals surface area contributed by atoms with Crippen LogP contribution in [-0.4, -0.2) is 37.2 Å². The van der Waals surface area contributed by atoms with Gasteiger partial charge in [0.25, 0.3) is 0 Å². The summed E-state index contributed by atoms with van der Waals surface area (Å²) in [5.74, 6) is 1.40. The molecule has 1 fully saturated rings. The highest BCUT2D eigenvalue weighted by atomic mass is 16.5. The summed E-state index contributed by atoms with van der Waals surface area (Å²) in [6.45, 7) is 6.64. The fourth-order valence-corrected chi connectivity index (χ4v) is 2.44. The van der Waals surface area contributed by atoms with Crippen LogP contribution < -0.4 is 14.8 Å². The standard InChI is InChI=1S/C16H24N2O3/c1-3-20-13-8-9-15(21-4-2)14(12-13)17-16(19)18-10-6-5-7-11-18/h8-9,12H,3-7,10-11H2,1-2H3,(H,17,19). The smallest absolute Gasteiger partial charge is 0.321 e. The first kappa shape index (κ1) is 15.5. The maximum Gasteiger partial charge on any atom is 0.321 e. The van der Waals surface area contributed by atoms with Crippen LogP contribution in [0.15, 0.2) is 18.2 Å². The van der Waals surface area contributed by atoms with Crippen LogP contribution in [0.1, 0.15) is 33.1 Å². The number of carbonyl (C=O) groups excluding carboxylic acids is 1. The molecule has 0 atom stereocenters. The molecular formula is C16H24N2O3. The summed E-state index contributed by atoms with van der Waals surface area (Å²) in [7, 11) is 0. The lowest BCUT2D eigenvalue weighted by atomic mass is 10.1. The van der Waals surface area contributed by atoms with Gasteiger partial charge in [0.1, 0.15) is 11.5 Å². The molecule has 0 bridgehead atoms. The number of anilines is 1. The van der Waals surface area contributed by atoms with Crippen molar-refractivity contribution in [1.29, 1.82) is 0 Å². The van der Waals surface area contributed by atoms with E-state index in [4.69, 9.17) is 9.47 Å². The van der Waals surface area contributed by atoms with E-state index in [1.807, 2.05) is 36.9 Å². The van der Waals surface area contributed by atoms with Gasteiger partial charge in [-0.3, -0.25) is 0 Å². The van der Waals surface area contributed by atoms with Crippen LogP contribution in [0.3, 0.4) is 0 Å². The first-order valence-corrected chi connectivity index (χ1v) is 7.70. The maximum absolute atomic E-state index is 12.3. The molecule has 1 saturated heterocycles. The molecule has 2 rings (SSSR count). The first-order chi connectivity index (χ1) is 10.2. The van der Waals surface area contributed by atoms with Crippen LogP contribution in [0.25, 0.3) is 0 Å². The lowest BCUT2D eigenvalue weighted by Gasteiger charge is -2.27. The fraction of sp³-hybridized carbons (Fsp3) is 0.562. The zero-order valence-corrected chi connectivity index (χ0v) is 12.9. The van der Waals surface area contributed by atoms with Gasteiger partial charge in [-0.15, -0.1) is 0 Å². The molecule has 5 nitrogen and oxygen atoms in total. The molecule has 0 saturated carbocycles. The number of amides is 2. The van der Waals surface area contributed by atoms with Crippen LogP contribution in [0.5, 0.6) is 11.5 Å². The molecule has 1 aromatic rings. The Kier molecular flexibility index (Phi) is 5.72. The van der Waals surface area contributed by atoms with E-state index in [0.717, 1.165) is 31.7 Å². The Balaban J connectivity index is 2.11. The SMILES string of the molecule is CCOc1ccc(OCC)c(NC(=O)N2CCCCC2)c1. The number of likely N-dealkylation sites (tertiary alicyclic amines) is 1. The Morgan fingerprint density at radius 2 is 1.86 bits per heavy atom. The molecule has 21 heavy (non-hydrogen) atoms. The van der Waals surface area contributed by atoms with Gasteiger partial charge in [0.15, 0.2) is 0 Å². The van der Waals surface area contributed by atoms with E-state index in [0.29, 0.717) is 24.7 Å². The average molecular weight is 292 g/mol. The van der Waals surface area contributed by atoms with Gasteiger partial charge in [0, 0.05) is 19.2 Å². The number of carbonyl (C=O) groups is 1. The van der Waals surface area contributed by atoms with Crippen molar-refractivity contribution in [3.63, 3.8) is 0 Å². The Morgan fingerprint density at radius 1 is 1.14 bits per heavy atom. The highest BCUT2D eigenvalue weighted by Crippen LogP contribution is 2.30. The van der Waals surface area contributed by atoms with E-state index >= 15 is 0 Å². The number of urea groups is 1. The number of hydrogen-bond donors (Lipinski definition) is 1. The van der Waals surface area contributed by atoms with E-state index in [1.165, 1.54) is 6.42 Å². The molecular weight excluding hydrogens is 268 g/mol. The second-order valence-corrected chi connectivity index (χ2v) is 5.00. The summed E-state index contributed by atoms with van der Waals surface area (Å²) in [5.41, 5.74) is 0.665. The van der Waals surface area contributed by atoms with E-state index in [1.54, 1.807) is 0 Å². The molecule has 0 spiro atoms. The highest BCUT2D eigenvalue weighted by molar-refractivity contribution is 5.91. The lowest BCUT2D eigenvalue weighted by Crippen LogP contribution is -2.38. The molecule has 0 radical (unpaired) electrons. The molecule has 2 amide bonds. The average Bonchev–Trinajstić information content (AvgIpc) is 2.51. The first-order valence-electron chi connectivity index (χ1n) is 7.70. The van der Waals surface area contributed by atoms with E-state index in [-0.39, 0.29) is 6.03 Å². The van der Waals surface area contributed by atoms with Gasteiger partial charge in [-0.1, -0.05) is 0 Å². The number of benzene rings is 1. The number of nitrogens with zero attached hydrogens (tertiary/aromatic N) is 1. The lowest BCUT2D eigenvalue weighted by molar-refractivity contribution is 0.200. The molecule has 0 aromatic heterocycles. The van der Waals surface area contributed by atoms with Gasteiger partial charge in [-0.25, -0.2) is 4.79 Å². The van der Waals surface area contributed by atoms with E-state index in [2.05, 4.69) is 5.32 Å². The Labute approximate surface area is 126 Å². The van der Waals surface area contributed by atoms with Crippen LogP contribution in [0.4, 0.5) is 10.5 Å². The van der Waals surface area contributed by atoms with Crippen LogP contribution in [0.2, 0.25) is 0 Å². The molecule has 0 unspecified atom stereocenters. The number of piperidine rings is 1. The van der Waals surface area contributed by atoms with Crippen molar-refractivity contribution in [2.24, 2.45) is 0 Å². The van der Waals surface area contributed by atoms with Crippen molar-refractivity contribution in [2.45, 2.75) is 33.1 Å². The highest BCUT2D eigenvalue weighted by Gasteiger charge is 2.18. The molecule has 1 aromatic carbocycles. The van der Waals surface area contributed by atoms with Crippen LogP contribution in [-0.2, 0) is 0 Å². The zero-order valence-electron chi connectivity index (χ0n) is 12.9. The summed E-state index contributed by atoms with van der Waals surface area (Å²) in [6, 6.07) is 5.44. The van der Waals surface area contributed by atoms with Gasteiger partial charge in [-0.2, -0.15) is 0 Å². The van der Waals surface area contributed by atoms with Crippen molar-refractivity contribution in [2.75, 3.05) is 31.6 Å². The topological polar surface area (TPSA) is 50.8 Å². The Hall–Kier alpha value is -1.91. The summed E-state index contributed by atoms with van der Waals surface area (Å²) in [6.07, 6.45) is 3.35. The summed E-state index contributed by atoms with van der Waals surface area (Å²) >= 11 is 0. The van der Waals surface area contributed by atoms with Crippen molar-refractivity contribution in [1.82, 2.24) is 4.90 Å². The summed E-state index contributed by atoms with van der Waals surface area (Å²) in [5, 5.41) is 2.95. The van der Waals surface area contributed by atoms with Crippen molar-refractivity contribution in [3.05, 3.63) is 18.2 Å². The van der Waals surface area contributed by atoms with Crippen LogP contribution >= 0.6 is 0 Å². The van der Waals surface area contributed by atoms with E-state index in [9.17, 15) is 4.79 Å². The van der Waals surface area contributed by atoms with Crippen molar-refractivity contribution < 1.29 is 14.3 Å². The number of rotatable bonds is 5. The largest absolute Gasteiger partial charge is 0.494 e. The molecule has 0 aliphatic carbocycles. The second-order valence-electron chi connectivity index (χ2n) is 5.00. The zero-order chi connectivity index (χ0) is 15.1. The number of hydrogen-bond acceptors (Lipinski definition) is 3. The van der Waals surface area contributed by atoms with Gasteiger partial charge < -0.3 is 19.7 Å². The second kappa shape index (κ2) is 7.76. The number of nitrogens with one attached hydrogen (secondary N) is 1. The molecule has 1 aliphatic heterocycles. The molecule has 1 heterocycles. The Morgan fingerprint density at radius 3 is 2.52 bits per heavy atom. The Bertz CT molecular complexity index is 471. The van der Waals surface area contributed by atoms with Gasteiger partial charge in [-0.05, 0) is 45.2 Å². The quantitative estimate of drug-likeness (QED) is 0.903. The third-order valence-electron chi connectivity index (χ3n) is 3.45. The van der Waals surface area contributed by atoms with E-state index < -0.39 is 0 Å². The van der Waals surface area contributed by atoms with Gasteiger partial charge >= 0.3 is 6.03 Å². The third-order valence-corrected chi connectivity index (χ3v) is 3.45. The fourth-order valence-electron chi connectivity index (χ4n) is 2.44. The molecule has 1 N–H and O–H groups in total. The monoisotopic (exact) mass is 292 g/mol. The number of ether oxygens (including phenoxy) is 2.